The first kappa shape index (κ1) is 14.0. The molecule has 3 nitrogen and oxygen atoms in total. The van der Waals surface area contributed by atoms with Crippen molar-refractivity contribution in [3.05, 3.63) is 89.4 Å². The lowest BCUT2D eigenvalue weighted by molar-refractivity contribution is -0.671. The van der Waals surface area contributed by atoms with Crippen molar-refractivity contribution in [1.82, 2.24) is 9.55 Å². The second-order valence-electron chi connectivity index (χ2n) is 7.23. The fourth-order valence-corrected chi connectivity index (χ4v) is 4.56. The number of hydrogen-bond acceptors (Lipinski definition) is 1. The fraction of sp³-hybridized carbons (Fsp3) is 0.130. The van der Waals surface area contributed by atoms with Gasteiger partial charge in [-0.25, -0.2) is 4.57 Å². The number of fused-ring (bicyclic) bond motifs is 6. The number of benzene rings is 2. The summed E-state index contributed by atoms with van der Waals surface area (Å²) in [6.45, 7) is 3.12. The maximum atomic E-state index is 4.79. The first-order valence-corrected chi connectivity index (χ1v) is 9.07. The van der Waals surface area contributed by atoms with Gasteiger partial charge in [-0.1, -0.05) is 42.5 Å². The minimum atomic E-state index is 0.949. The molecule has 1 aliphatic heterocycles. The van der Waals surface area contributed by atoms with Gasteiger partial charge in [-0.2, -0.15) is 4.57 Å². The summed E-state index contributed by atoms with van der Waals surface area (Å²) >= 11 is 0. The Morgan fingerprint density at radius 2 is 1.73 bits per heavy atom. The summed E-state index contributed by atoms with van der Waals surface area (Å²) in [7, 11) is 0. The monoisotopic (exact) mass is 336 g/mol. The Labute approximate surface area is 152 Å². The molecule has 0 N–H and O–H groups in total. The standard InChI is InChI=1S/C23H18N3/c1-15-13-24-21-18-8-4-2-6-16(18)12-20(21)22(15)26-11-10-25-14-17-7-3-5-9-19(17)23(25)26/h2-11,13H,12,14H2,1H3/q+1. The molecule has 0 spiro atoms. The average Bonchev–Trinajstić information content (AvgIpc) is 3.33. The molecule has 124 valence electrons. The Bertz CT molecular complexity index is 1200. The van der Waals surface area contributed by atoms with Crippen LogP contribution in [0.5, 0.6) is 0 Å². The van der Waals surface area contributed by atoms with Gasteiger partial charge < -0.3 is 0 Å². The Morgan fingerprint density at radius 1 is 0.962 bits per heavy atom. The smallest absolute Gasteiger partial charge is 0.255 e. The van der Waals surface area contributed by atoms with Gasteiger partial charge in [0.05, 0.1) is 11.3 Å². The molecule has 1 aliphatic carbocycles. The predicted octanol–water partition coefficient (Wildman–Crippen LogP) is 4.07. The van der Waals surface area contributed by atoms with Crippen LogP contribution in [-0.4, -0.2) is 9.55 Å². The Hall–Kier alpha value is -3.20. The van der Waals surface area contributed by atoms with Gasteiger partial charge in [0.1, 0.15) is 24.6 Å². The van der Waals surface area contributed by atoms with E-state index in [1.54, 1.807) is 0 Å². The van der Waals surface area contributed by atoms with E-state index in [2.05, 4.69) is 77.0 Å². The SMILES string of the molecule is Cc1cnc2c(c1-n1cc[n+]3c1-c1ccccc1C3)Cc1ccccc1-2. The van der Waals surface area contributed by atoms with Crippen molar-refractivity contribution in [3.63, 3.8) is 0 Å². The lowest BCUT2D eigenvalue weighted by Gasteiger charge is -2.09. The highest BCUT2D eigenvalue weighted by molar-refractivity contribution is 5.78. The van der Waals surface area contributed by atoms with Crippen LogP contribution in [-0.2, 0) is 13.0 Å². The quantitative estimate of drug-likeness (QED) is 0.415. The van der Waals surface area contributed by atoms with E-state index in [1.807, 2.05) is 6.20 Å². The molecule has 6 rings (SSSR count). The lowest BCUT2D eigenvalue weighted by atomic mass is 10.1. The Kier molecular flexibility index (Phi) is 2.65. The molecule has 0 bridgehead atoms. The van der Waals surface area contributed by atoms with E-state index < -0.39 is 0 Å². The van der Waals surface area contributed by atoms with Crippen LogP contribution in [0.3, 0.4) is 0 Å². The first-order valence-electron chi connectivity index (χ1n) is 9.07. The summed E-state index contributed by atoms with van der Waals surface area (Å²) in [5.74, 6) is 1.27. The summed E-state index contributed by atoms with van der Waals surface area (Å²) < 4.78 is 4.71. The molecule has 26 heavy (non-hydrogen) atoms. The van der Waals surface area contributed by atoms with Gasteiger partial charge in [0.2, 0.25) is 0 Å². The van der Waals surface area contributed by atoms with Crippen LogP contribution >= 0.6 is 0 Å². The van der Waals surface area contributed by atoms with Crippen molar-refractivity contribution in [3.8, 4) is 28.3 Å². The van der Waals surface area contributed by atoms with Crippen LogP contribution in [0.15, 0.2) is 67.1 Å². The van der Waals surface area contributed by atoms with Crippen LogP contribution in [0.2, 0.25) is 0 Å². The number of aryl methyl sites for hydroxylation is 1. The zero-order valence-corrected chi connectivity index (χ0v) is 14.6. The highest BCUT2D eigenvalue weighted by Gasteiger charge is 2.33. The maximum absolute atomic E-state index is 4.79. The predicted molar refractivity (Wildman–Crippen MR) is 101 cm³/mol. The third kappa shape index (κ3) is 1.72. The van der Waals surface area contributed by atoms with Crippen LogP contribution in [0, 0.1) is 6.92 Å². The molecule has 3 heterocycles. The molecule has 4 aromatic rings. The minimum Gasteiger partial charge on any atom is -0.255 e. The molecule has 2 aromatic heterocycles. The van der Waals surface area contributed by atoms with E-state index >= 15 is 0 Å². The molecular weight excluding hydrogens is 318 g/mol. The summed E-state index contributed by atoms with van der Waals surface area (Å²) in [6.07, 6.45) is 7.38. The van der Waals surface area contributed by atoms with E-state index in [0.717, 1.165) is 18.7 Å². The minimum absolute atomic E-state index is 0.949. The first-order chi connectivity index (χ1) is 12.8. The molecule has 2 aromatic carbocycles. The molecule has 0 unspecified atom stereocenters. The second-order valence-corrected chi connectivity index (χ2v) is 7.23. The highest BCUT2D eigenvalue weighted by Crippen LogP contribution is 2.40. The van der Waals surface area contributed by atoms with Gasteiger partial charge in [-0.05, 0) is 18.6 Å². The van der Waals surface area contributed by atoms with Crippen molar-refractivity contribution < 1.29 is 4.57 Å². The molecule has 0 radical (unpaired) electrons. The third-order valence-electron chi connectivity index (χ3n) is 5.71. The molecular formula is C23H18N3+. The summed E-state index contributed by atoms with van der Waals surface area (Å²) in [5.41, 5.74) is 10.4. The van der Waals surface area contributed by atoms with E-state index in [1.165, 1.54) is 44.9 Å². The fourth-order valence-electron chi connectivity index (χ4n) is 4.56. The molecule has 0 saturated heterocycles. The van der Waals surface area contributed by atoms with Gasteiger partial charge in [-0.15, -0.1) is 0 Å². The summed E-state index contributed by atoms with van der Waals surface area (Å²) in [4.78, 5) is 4.79. The van der Waals surface area contributed by atoms with Crippen molar-refractivity contribution in [2.24, 2.45) is 0 Å². The summed E-state index contributed by atoms with van der Waals surface area (Å²) in [6, 6.07) is 17.4. The molecule has 0 amide bonds. The zero-order chi connectivity index (χ0) is 17.3. The topological polar surface area (TPSA) is 21.7 Å². The van der Waals surface area contributed by atoms with E-state index in [-0.39, 0.29) is 0 Å². The van der Waals surface area contributed by atoms with E-state index in [0.29, 0.717) is 0 Å². The van der Waals surface area contributed by atoms with Crippen molar-refractivity contribution in [1.29, 1.82) is 0 Å². The average molecular weight is 336 g/mol. The number of imidazole rings is 1. The number of rotatable bonds is 1. The molecule has 0 fully saturated rings. The number of nitrogens with zero attached hydrogens (tertiary/aromatic N) is 3. The Balaban J connectivity index is 1.63. The van der Waals surface area contributed by atoms with Gasteiger partial charge in [0.25, 0.3) is 5.82 Å². The van der Waals surface area contributed by atoms with E-state index in [9.17, 15) is 0 Å². The van der Waals surface area contributed by atoms with Gasteiger partial charge in [-0.3, -0.25) is 4.98 Å². The largest absolute Gasteiger partial charge is 0.294 e. The number of hydrogen-bond donors (Lipinski definition) is 0. The van der Waals surface area contributed by atoms with Crippen molar-refractivity contribution in [2.75, 3.05) is 0 Å². The van der Waals surface area contributed by atoms with Crippen LogP contribution < -0.4 is 4.57 Å². The van der Waals surface area contributed by atoms with Crippen molar-refractivity contribution >= 4 is 0 Å². The van der Waals surface area contributed by atoms with Gasteiger partial charge in [0, 0.05) is 34.9 Å². The van der Waals surface area contributed by atoms with Crippen LogP contribution in [0.25, 0.3) is 28.3 Å². The Morgan fingerprint density at radius 3 is 2.62 bits per heavy atom. The van der Waals surface area contributed by atoms with Gasteiger partial charge in [0.15, 0.2) is 0 Å². The number of pyridine rings is 1. The van der Waals surface area contributed by atoms with Gasteiger partial charge >= 0.3 is 0 Å². The van der Waals surface area contributed by atoms with Crippen LogP contribution in [0.1, 0.15) is 22.3 Å². The molecule has 2 aliphatic rings. The highest BCUT2D eigenvalue weighted by atomic mass is 15.2. The van der Waals surface area contributed by atoms with Crippen molar-refractivity contribution in [2.45, 2.75) is 19.9 Å². The second kappa shape index (κ2) is 4.92. The van der Waals surface area contributed by atoms with Crippen LogP contribution in [0.4, 0.5) is 0 Å². The lowest BCUT2D eigenvalue weighted by Crippen LogP contribution is -2.30. The number of aromatic nitrogens is 3. The maximum Gasteiger partial charge on any atom is 0.294 e. The third-order valence-corrected chi connectivity index (χ3v) is 5.71. The normalized spacial score (nSPS) is 13.3. The summed E-state index contributed by atoms with van der Waals surface area (Å²) in [5, 5.41) is 0. The molecule has 3 heteroatoms. The molecule has 0 atom stereocenters. The zero-order valence-electron chi connectivity index (χ0n) is 14.6. The molecule has 0 saturated carbocycles. The van der Waals surface area contributed by atoms with E-state index in [4.69, 9.17) is 4.98 Å².